The van der Waals surface area contributed by atoms with Crippen molar-refractivity contribution in [1.82, 2.24) is 9.78 Å². The third kappa shape index (κ3) is 3.37. The van der Waals surface area contributed by atoms with Gasteiger partial charge >= 0.3 is 0 Å². The lowest BCUT2D eigenvalue weighted by Gasteiger charge is -2.10. The van der Waals surface area contributed by atoms with Crippen LogP contribution >= 0.6 is 0 Å². The fraction of sp³-hybridized carbons (Fsp3) is 0.438. The summed E-state index contributed by atoms with van der Waals surface area (Å²) in [5, 5.41) is 8.11. The van der Waals surface area contributed by atoms with E-state index in [1.165, 1.54) is 22.6 Å². The van der Waals surface area contributed by atoms with Gasteiger partial charge in [0.15, 0.2) is 0 Å². The number of aromatic nitrogens is 2. The lowest BCUT2D eigenvalue weighted by atomic mass is 10.2. The van der Waals surface area contributed by atoms with Crippen LogP contribution in [0.5, 0.6) is 0 Å². The van der Waals surface area contributed by atoms with Crippen LogP contribution in [0.25, 0.3) is 0 Å². The molecular formula is C16H23N3. The molecule has 3 heteroatoms. The molecule has 3 nitrogen and oxygen atoms in total. The third-order valence-electron chi connectivity index (χ3n) is 3.42. The van der Waals surface area contributed by atoms with Gasteiger partial charge in [-0.15, -0.1) is 0 Å². The molecule has 0 radical (unpaired) electrons. The molecule has 102 valence electrons. The molecular weight excluding hydrogens is 234 g/mol. The van der Waals surface area contributed by atoms with Gasteiger partial charge in [0.05, 0.1) is 12.2 Å². The zero-order valence-corrected chi connectivity index (χ0v) is 12.1. The number of nitrogens with one attached hydrogen (secondary N) is 1. The van der Waals surface area contributed by atoms with E-state index in [1.807, 2.05) is 0 Å². The van der Waals surface area contributed by atoms with E-state index in [0.717, 1.165) is 25.9 Å². The number of aryl methyl sites for hydroxylation is 3. The summed E-state index contributed by atoms with van der Waals surface area (Å²) in [7, 11) is 0. The summed E-state index contributed by atoms with van der Waals surface area (Å²) < 4.78 is 2.13. The predicted molar refractivity (Wildman–Crippen MR) is 80.7 cm³/mol. The van der Waals surface area contributed by atoms with Gasteiger partial charge in [-0.2, -0.15) is 5.10 Å². The van der Waals surface area contributed by atoms with Crippen LogP contribution in [0.2, 0.25) is 0 Å². The minimum Gasteiger partial charge on any atom is -0.383 e. The Kier molecular flexibility index (Phi) is 4.61. The fourth-order valence-electron chi connectivity index (χ4n) is 2.23. The van der Waals surface area contributed by atoms with Crippen LogP contribution in [0, 0.1) is 6.92 Å². The average Bonchev–Trinajstić information content (AvgIpc) is 2.83. The van der Waals surface area contributed by atoms with Gasteiger partial charge in [0.2, 0.25) is 0 Å². The highest BCUT2D eigenvalue weighted by Gasteiger charge is 2.04. The van der Waals surface area contributed by atoms with Crippen molar-refractivity contribution in [3.8, 4) is 0 Å². The fourth-order valence-corrected chi connectivity index (χ4v) is 2.23. The van der Waals surface area contributed by atoms with Crippen molar-refractivity contribution in [2.45, 2.75) is 40.2 Å². The molecule has 0 bridgehead atoms. The van der Waals surface area contributed by atoms with Gasteiger partial charge in [-0.1, -0.05) is 32.0 Å². The number of anilines is 1. The van der Waals surface area contributed by atoms with Crippen LogP contribution in [0.4, 0.5) is 5.69 Å². The van der Waals surface area contributed by atoms with Gasteiger partial charge in [-0.3, -0.25) is 4.68 Å². The number of hydrogen-bond donors (Lipinski definition) is 1. The summed E-state index contributed by atoms with van der Waals surface area (Å²) in [4.78, 5) is 0. The Labute approximate surface area is 115 Å². The van der Waals surface area contributed by atoms with Crippen molar-refractivity contribution in [2.24, 2.45) is 0 Å². The van der Waals surface area contributed by atoms with Gasteiger partial charge < -0.3 is 5.32 Å². The Morgan fingerprint density at radius 1 is 1.16 bits per heavy atom. The lowest BCUT2D eigenvalue weighted by Crippen LogP contribution is -2.14. The summed E-state index contributed by atoms with van der Waals surface area (Å²) in [5.41, 5.74) is 5.01. The molecule has 0 amide bonds. The van der Waals surface area contributed by atoms with Crippen LogP contribution in [0.3, 0.4) is 0 Å². The molecule has 0 unspecified atom stereocenters. The molecule has 1 heterocycles. The molecule has 0 saturated heterocycles. The highest BCUT2D eigenvalue weighted by molar-refractivity contribution is 5.50. The quantitative estimate of drug-likeness (QED) is 0.859. The van der Waals surface area contributed by atoms with Crippen LogP contribution in [0.1, 0.15) is 30.8 Å². The van der Waals surface area contributed by atoms with Crippen LogP contribution in [-0.4, -0.2) is 16.3 Å². The maximum absolute atomic E-state index is 4.63. The van der Waals surface area contributed by atoms with Crippen molar-refractivity contribution in [3.63, 3.8) is 0 Å². The number of benzene rings is 1. The number of para-hydroxylation sites is 1. The van der Waals surface area contributed by atoms with Gasteiger partial charge in [0, 0.05) is 17.9 Å². The second-order valence-electron chi connectivity index (χ2n) is 4.80. The number of hydrogen-bond acceptors (Lipinski definition) is 2. The number of nitrogens with zero attached hydrogens (tertiary/aromatic N) is 2. The molecule has 2 aromatic rings. The lowest BCUT2D eigenvalue weighted by molar-refractivity contribution is 0.600. The monoisotopic (exact) mass is 257 g/mol. The summed E-state index contributed by atoms with van der Waals surface area (Å²) in [6, 6.07) is 10.6. The van der Waals surface area contributed by atoms with Gasteiger partial charge in [-0.05, 0) is 37.5 Å². The molecule has 0 fully saturated rings. The van der Waals surface area contributed by atoms with E-state index in [9.17, 15) is 0 Å². The van der Waals surface area contributed by atoms with Crippen molar-refractivity contribution >= 4 is 5.69 Å². The summed E-state index contributed by atoms with van der Waals surface area (Å²) in [6.07, 6.45) is 2.04. The zero-order valence-electron chi connectivity index (χ0n) is 12.1. The topological polar surface area (TPSA) is 29.9 Å². The van der Waals surface area contributed by atoms with Gasteiger partial charge in [-0.25, -0.2) is 0 Å². The van der Waals surface area contributed by atoms with Crippen molar-refractivity contribution in [3.05, 3.63) is 47.3 Å². The Balaban J connectivity index is 1.96. The Bertz CT molecular complexity index is 529. The molecule has 2 rings (SSSR count). The van der Waals surface area contributed by atoms with Crippen molar-refractivity contribution in [2.75, 3.05) is 11.9 Å². The summed E-state index contributed by atoms with van der Waals surface area (Å²) in [5.74, 6) is 0. The highest BCUT2D eigenvalue weighted by atomic mass is 15.3. The molecule has 19 heavy (non-hydrogen) atoms. The molecule has 0 spiro atoms. The smallest absolute Gasteiger partial charge is 0.0624 e. The van der Waals surface area contributed by atoms with E-state index in [-0.39, 0.29) is 0 Å². The van der Waals surface area contributed by atoms with Crippen molar-refractivity contribution < 1.29 is 0 Å². The molecule has 0 saturated carbocycles. The Morgan fingerprint density at radius 2 is 1.95 bits per heavy atom. The molecule has 1 N–H and O–H groups in total. The third-order valence-corrected chi connectivity index (χ3v) is 3.42. The largest absolute Gasteiger partial charge is 0.383 e. The van der Waals surface area contributed by atoms with Gasteiger partial charge in [0.25, 0.3) is 0 Å². The van der Waals surface area contributed by atoms with E-state index in [0.29, 0.717) is 0 Å². The van der Waals surface area contributed by atoms with E-state index in [4.69, 9.17) is 0 Å². The Morgan fingerprint density at radius 3 is 2.63 bits per heavy atom. The van der Waals surface area contributed by atoms with Crippen LogP contribution < -0.4 is 5.32 Å². The first-order valence-corrected chi connectivity index (χ1v) is 7.09. The van der Waals surface area contributed by atoms with Gasteiger partial charge in [0.1, 0.15) is 0 Å². The Hall–Kier alpha value is -1.77. The predicted octanol–water partition coefficient (Wildman–Crippen LogP) is 3.43. The van der Waals surface area contributed by atoms with E-state index < -0.39 is 0 Å². The minimum absolute atomic E-state index is 0.905. The average molecular weight is 257 g/mol. The second-order valence-corrected chi connectivity index (χ2v) is 4.80. The molecule has 0 aliphatic heterocycles. The summed E-state index contributed by atoms with van der Waals surface area (Å²) >= 11 is 0. The number of rotatable bonds is 6. The van der Waals surface area contributed by atoms with E-state index in [2.05, 4.69) is 66.2 Å². The maximum atomic E-state index is 4.63. The minimum atomic E-state index is 0.905. The highest BCUT2D eigenvalue weighted by Crippen LogP contribution is 2.13. The second kappa shape index (κ2) is 6.41. The van der Waals surface area contributed by atoms with E-state index in [1.54, 1.807) is 0 Å². The summed E-state index contributed by atoms with van der Waals surface area (Å²) in [6.45, 7) is 8.28. The normalized spacial score (nSPS) is 10.7. The molecule has 1 aromatic heterocycles. The standard InChI is InChI=1S/C16H23N3/c1-4-14-12-15(5-2)19(18-14)11-10-17-16-9-7-6-8-13(16)3/h6-9,12,17H,4-5,10-11H2,1-3H3. The molecule has 0 atom stereocenters. The van der Waals surface area contributed by atoms with Crippen LogP contribution in [0.15, 0.2) is 30.3 Å². The SMILES string of the molecule is CCc1cc(CC)n(CCNc2ccccc2C)n1. The van der Waals surface area contributed by atoms with E-state index >= 15 is 0 Å². The first-order chi connectivity index (χ1) is 9.24. The molecule has 0 aliphatic carbocycles. The zero-order chi connectivity index (χ0) is 13.7. The molecule has 0 aliphatic rings. The maximum Gasteiger partial charge on any atom is 0.0624 e. The van der Waals surface area contributed by atoms with Crippen molar-refractivity contribution in [1.29, 1.82) is 0 Å². The first-order valence-electron chi connectivity index (χ1n) is 7.09. The first kappa shape index (κ1) is 13.7. The molecule has 1 aromatic carbocycles. The van der Waals surface area contributed by atoms with Crippen LogP contribution in [-0.2, 0) is 19.4 Å².